The fourth-order valence-electron chi connectivity index (χ4n) is 1.99. The Kier molecular flexibility index (Phi) is 3.53. The van der Waals surface area contributed by atoms with Gasteiger partial charge in [0.15, 0.2) is 0 Å². The van der Waals surface area contributed by atoms with E-state index in [9.17, 15) is 15.0 Å². The van der Waals surface area contributed by atoms with Crippen LogP contribution in [0.5, 0.6) is 5.75 Å². The maximum atomic E-state index is 12.0. The van der Waals surface area contributed by atoms with E-state index < -0.39 is 11.6 Å². The maximum absolute atomic E-state index is 12.0. The van der Waals surface area contributed by atoms with Crippen LogP contribution in [0.15, 0.2) is 54.6 Å². The lowest BCUT2D eigenvalue weighted by molar-refractivity contribution is -0.159. The highest BCUT2D eigenvalue weighted by molar-refractivity contribution is 5.86. The molecule has 2 aromatic rings. The molecule has 0 spiro atoms. The van der Waals surface area contributed by atoms with Crippen LogP contribution in [0.4, 0.5) is 0 Å². The number of phenolic OH excluding ortho intramolecular Hbond substituents is 1. The molecule has 1 atom stereocenters. The lowest BCUT2D eigenvalue weighted by atomic mass is 9.86. The monoisotopic (exact) mass is 258 g/mol. The van der Waals surface area contributed by atoms with Gasteiger partial charge in [-0.1, -0.05) is 48.5 Å². The molecule has 2 rings (SSSR count). The molecular formula is C15H14O4. The van der Waals surface area contributed by atoms with E-state index in [1.165, 1.54) is 19.2 Å². The smallest absolute Gasteiger partial charge is 0.347 e. The van der Waals surface area contributed by atoms with Crippen LogP contribution in [-0.2, 0) is 15.1 Å². The average Bonchev–Trinajstić information content (AvgIpc) is 2.47. The molecular weight excluding hydrogens is 244 g/mol. The summed E-state index contributed by atoms with van der Waals surface area (Å²) in [7, 11) is 1.19. The Morgan fingerprint density at radius 2 is 1.63 bits per heavy atom. The number of ether oxygens (including phenoxy) is 1. The quantitative estimate of drug-likeness (QED) is 0.824. The van der Waals surface area contributed by atoms with E-state index in [0.717, 1.165) is 0 Å². The van der Waals surface area contributed by atoms with Crippen molar-refractivity contribution < 1.29 is 19.7 Å². The van der Waals surface area contributed by atoms with Crippen molar-refractivity contribution in [1.82, 2.24) is 0 Å². The fourth-order valence-corrected chi connectivity index (χ4v) is 1.99. The van der Waals surface area contributed by atoms with Crippen LogP contribution >= 0.6 is 0 Å². The zero-order chi connectivity index (χ0) is 13.9. The predicted molar refractivity (Wildman–Crippen MR) is 69.6 cm³/mol. The number of hydrogen-bond donors (Lipinski definition) is 2. The number of esters is 1. The molecule has 0 saturated heterocycles. The van der Waals surface area contributed by atoms with Crippen molar-refractivity contribution in [3.63, 3.8) is 0 Å². The molecule has 0 amide bonds. The number of hydrogen-bond acceptors (Lipinski definition) is 4. The third kappa shape index (κ3) is 2.18. The van der Waals surface area contributed by atoms with Crippen molar-refractivity contribution in [2.24, 2.45) is 0 Å². The molecule has 0 saturated carbocycles. The summed E-state index contributed by atoms with van der Waals surface area (Å²) in [5.41, 5.74) is -1.60. The molecule has 0 aromatic heterocycles. The lowest BCUT2D eigenvalue weighted by Crippen LogP contribution is -2.38. The number of aromatic hydroxyl groups is 1. The Bertz CT molecular complexity index is 580. The number of methoxy groups -OCH3 is 1. The standard InChI is InChI=1S/C15H14O4/c1-19-14(17)15(18,11-7-3-2-4-8-11)12-9-5-6-10-13(12)16/h2-10,16,18H,1H3/t15-/m0/s1. The van der Waals surface area contributed by atoms with Crippen molar-refractivity contribution in [1.29, 1.82) is 0 Å². The fraction of sp³-hybridized carbons (Fsp3) is 0.133. The first-order valence-corrected chi connectivity index (χ1v) is 5.75. The van der Waals surface area contributed by atoms with E-state index in [1.807, 2.05) is 0 Å². The molecule has 0 aliphatic carbocycles. The first-order valence-electron chi connectivity index (χ1n) is 5.75. The molecule has 2 N–H and O–H groups in total. The van der Waals surface area contributed by atoms with E-state index in [4.69, 9.17) is 0 Å². The molecule has 0 fully saturated rings. The van der Waals surface area contributed by atoms with Gasteiger partial charge in [0.05, 0.1) is 7.11 Å². The molecule has 98 valence electrons. The van der Waals surface area contributed by atoms with Crippen LogP contribution in [0.3, 0.4) is 0 Å². The SMILES string of the molecule is COC(=O)[C@](O)(c1ccccc1)c1ccccc1O. The Morgan fingerprint density at radius 1 is 1.05 bits per heavy atom. The van der Waals surface area contributed by atoms with Gasteiger partial charge in [-0.05, 0) is 11.6 Å². The van der Waals surface area contributed by atoms with Crippen molar-refractivity contribution in [3.05, 3.63) is 65.7 Å². The number of carbonyl (C=O) groups is 1. The Balaban J connectivity index is 2.66. The third-order valence-corrected chi connectivity index (χ3v) is 2.97. The van der Waals surface area contributed by atoms with Gasteiger partial charge in [0.25, 0.3) is 0 Å². The van der Waals surface area contributed by atoms with Crippen LogP contribution < -0.4 is 0 Å². The summed E-state index contributed by atoms with van der Waals surface area (Å²) in [4.78, 5) is 12.0. The Hall–Kier alpha value is -2.33. The summed E-state index contributed by atoms with van der Waals surface area (Å²) in [6, 6.07) is 14.5. The van der Waals surface area contributed by atoms with E-state index in [2.05, 4.69) is 4.74 Å². The summed E-state index contributed by atoms with van der Waals surface area (Å²) in [6.07, 6.45) is 0. The van der Waals surface area contributed by atoms with Crippen molar-refractivity contribution in [2.75, 3.05) is 7.11 Å². The van der Waals surface area contributed by atoms with E-state index >= 15 is 0 Å². The molecule has 0 bridgehead atoms. The van der Waals surface area contributed by atoms with Crippen LogP contribution in [-0.4, -0.2) is 23.3 Å². The summed E-state index contributed by atoms with van der Waals surface area (Å²) >= 11 is 0. The number of phenols is 1. The van der Waals surface area contributed by atoms with Gasteiger partial charge in [0.2, 0.25) is 5.60 Å². The summed E-state index contributed by atoms with van der Waals surface area (Å²) in [5, 5.41) is 20.7. The second-order valence-corrected chi connectivity index (χ2v) is 4.09. The number of benzene rings is 2. The third-order valence-electron chi connectivity index (χ3n) is 2.97. The summed E-state index contributed by atoms with van der Waals surface area (Å²) in [6.45, 7) is 0. The average molecular weight is 258 g/mol. The molecule has 0 radical (unpaired) electrons. The maximum Gasteiger partial charge on any atom is 0.347 e. The molecule has 0 unspecified atom stereocenters. The van der Waals surface area contributed by atoms with E-state index in [-0.39, 0.29) is 11.3 Å². The molecule has 4 heteroatoms. The highest BCUT2D eigenvalue weighted by Gasteiger charge is 2.43. The van der Waals surface area contributed by atoms with Crippen molar-refractivity contribution in [2.45, 2.75) is 5.60 Å². The van der Waals surface area contributed by atoms with Gasteiger partial charge in [-0.2, -0.15) is 0 Å². The second-order valence-electron chi connectivity index (χ2n) is 4.09. The van der Waals surface area contributed by atoms with Gasteiger partial charge in [0, 0.05) is 5.56 Å². The van der Waals surface area contributed by atoms with Crippen LogP contribution in [0.25, 0.3) is 0 Å². The first-order chi connectivity index (χ1) is 9.10. The van der Waals surface area contributed by atoms with Gasteiger partial charge in [-0.25, -0.2) is 4.79 Å². The van der Waals surface area contributed by atoms with Crippen LogP contribution in [0.2, 0.25) is 0 Å². The van der Waals surface area contributed by atoms with Gasteiger partial charge < -0.3 is 14.9 Å². The summed E-state index contributed by atoms with van der Waals surface area (Å²) < 4.78 is 4.68. The highest BCUT2D eigenvalue weighted by atomic mass is 16.5. The minimum absolute atomic E-state index is 0.0908. The Morgan fingerprint density at radius 3 is 2.21 bits per heavy atom. The van der Waals surface area contributed by atoms with Gasteiger partial charge >= 0.3 is 5.97 Å². The number of rotatable bonds is 3. The molecule has 0 aliphatic rings. The molecule has 19 heavy (non-hydrogen) atoms. The van der Waals surface area contributed by atoms with Gasteiger partial charge in [-0.3, -0.25) is 0 Å². The van der Waals surface area contributed by atoms with Gasteiger partial charge in [-0.15, -0.1) is 0 Å². The molecule has 0 heterocycles. The summed E-state index contributed by atoms with van der Waals surface area (Å²) in [5.74, 6) is -1.01. The molecule has 2 aromatic carbocycles. The topological polar surface area (TPSA) is 66.8 Å². The normalized spacial score (nSPS) is 13.6. The van der Waals surface area contributed by atoms with Crippen LogP contribution in [0, 0.1) is 0 Å². The van der Waals surface area contributed by atoms with Crippen molar-refractivity contribution >= 4 is 5.97 Å². The minimum atomic E-state index is -2.03. The predicted octanol–water partition coefficient (Wildman–Crippen LogP) is 1.80. The first kappa shape index (κ1) is 13.1. The number of aliphatic hydroxyl groups is 1. The van der Waals surface area contributed by atoms with Crippen LogP contribution in [0.1, 0.15) is 11.1 Å². The van der Waals surface area contributed by atoms with E-state index in [0.29, 0.717) is 5.56 Å². The Labute approximate surface area is 110 Å². The second kappa shape index (κ2) is 5.12. The molecule has 0 aliphatic heterocycles. The van der Waals surface area contributed by atoms with E-state index in [1.54, 1.807) is 42.5 Å². The zero-order valence-corrected chi connectivity index (χ0v) is 10.4. The largest absolute Gasteiger partial charge is 0.508 e. The number of carbonyl (C=O) groups excluding carboxylic acids is 1. The minimum Gasteiger partial charge on any atom is -0.508 e. The lowest BCUT2D eigenvalue weighted by Gasteiger charge is -2.26. The zero-order valence-electron chi connectivity index (χ0n) is 10.4. The number of para-hydroxylation sites is 1. The molecule has 4 nitrogen and oxygen atoms in total. The van der Waals surface area contributed by atoms with Gasteiger partial charge in [0.1, 0.15) is 5.75 Å². The highest BCUT2D eigenvalue weighted by Crippen LogP contribution is 2.35. The van der Waals surface area contributed by atoms with Crippen molar-refractivity contribution in [3.8, 4) is 5.75 Å².